The third-order valence-corrected chi connectivity index (χ3v) is 6.05. The Morgan fingerprint density at radius 2 is 1.91 bits per heavy atom. The molecule has 35 heavy (non-hydrogen) atoms. The topological polar surface area (TPSA) is 75.9 Å². The maximum atomic E-state index is 15.1. The lowest BCUT2D eigenvalue weighted by atomic mass is 9.90. The van der Waals surface area contributed by atoms with Crippen LogP contribution in [0.5, 0.6) is 0 Å². The molecule has 3 heterocycles. The second kappa shape index (κ2) is 9.20. The Hall–Kier alpha value is -3.63. The quantitative estimate of drug-likeness (QED) is 0.554. The molecule has 1 atom stereocenters. The van der Waals surface area contributed by atoms with Gasteiger partial charge in [-0.1, -0.05) is 0 Å². The first-order valence-corrected chi connectivity index (χ1v) is 10.9. The first kappa shape index (κ1) is 24.5. The number of fused-ring (bicyclic) bond motifs is 1. The molecule has 1 aromatic carbocycles. The first-order valence-electron chi connectivity index (χ1n) is 10.9. The number of hydrogen-bond acceptors (Lipinski definition) is 4. The van der Waals surface area contributed by atoms with Gasteiger partial charge in [0.05, 0.1) is 30.6 Å². The number of carbonyl (C=O) groups excluding carboxylic acids is 2. The van der Waals surface area contributed by atoms with Gasteiger partial charge in [-0.3, -0.25) is 4.79 Å². The van der Waals surface area contributed by atoms with Crippen molar-refractivity contribution in [3.05, 3.63) is 58.9 Å². The summed E-state index contributed by atoms with van der Waals surface area (Å²) < 4.78 is 65.4. The number of methoxy groups -OCH3 is 1. The summed E-state index contributed by atoms with van der Waals surface area (Å²) in [5, 5.41) is 2.31. The van der Waals surface area contributed by atoms with Crippen LogP contribution in [-0.4, -0.2) is 59.5 Å². The average Bonchev–Trinajstić information content (AvgIpc) is 3.12. The first-order chi connectivity index (χ1) is 16.5. The zero-order chi connectivity index (χ0) is 25.5. The number of hydrogen-bond donors (Lipinski definition) is 1. The zero-order valence-corrected chi connectivity index (χ0v) is 19.4. The fraction of sp³-hybridized carbons (Fsp3) is 0.375. The molecule has 0 aliphatic carbocycles. The number of imidazole rings is 1. The number of amides is 2. The van der Waals surface area contributed by atoms with Crippen molar-refractivity contribution in [2.24, 2.45) is 5.92 Å². The Bertz CT molecular complexity index is 1280. The van der Waals surface area contributed by atoms with Gasteiger partial charge in [-0.05, 0) is 49.1 Å². The number of pyridine rings is 1. The van der Waals surface area contributed by atoms with Gasteiger partial charge in [-0.25, -0.2) is 27.3 Å². The van der Waals surface area contributed by atoms with E-state index in [1.165, 1.54) is 7.05 Å². The van der Waals surface area contributed by atoms with Crippen LogP contribution in [0.3, 0.4) is 0 Å². The van der Waals surface area contributed by atoms with Gasteiger partial charge in [0.15, 0.2) is 0 Å². The molecule has 1 N–H and O–H groups in total. The van der Waals surface area contributed by atoms with E-state index in [1.54, 1.807) is 22.7 Å². The monoisotopic (exact) mass is 492 g/mol. The summed E-state index contributed by atoms with van der Waals surface area (Å²) in [6.07, 6.45) is 0.244. The Labute approximate surface area is 198 Å². The number of carbonyl (C=O) groups is 2. The highest BCUT2D eigenvalue weighted by atomic mass is 19.3. The summed E-state index contributed by atoms with van der Waals surface area (Å²) in [6, 6.07) is 5.28. The van der Waals surface area contributed by atoms with Crippen molar-refractivity contribution in [1.29, 1.82) is 0 Å². The molecule has 11 heteroatoms. The third-order valence-electron chi connectivity index (χ3n) is 6.05. The minimum Gasteiger partial charge on any atom is -0.453 e. The van der Waals surface area contributed by atoms with E-state index in [0.29, 0.717) is 11.3 Å². The van der Waals surface area contributed by atoms with Crippen LogP contribution in [0.1, 0.15) is 28.0 Å². The summed E-state index contributed by atoms with van der Waals surface area (Å²) in [6.45, 7) is 1.05. The highest BCUT2D eigenvalue weighted by Gasteiger charge is 2.43. The highest BCUT2D eigenvalue weighted by Crippen LogP contribution is 2.36. The minimum atomic E-state index is -3.15. The third kappa shape index (κ3) is 4.80. The fourth-order valence-electron chi connectivity index (χ4n) is 4.55. The molecular formula is C24H24F4N4O3. The highest BCUT2D eigenvalue weighted by molar-refractivity contribution is 5.94. The summed E-state index contributed by atoms with van der Waals surface area (Å²) in [5.74, 6) is -6.55. The van der Waals surface area contributed by atoms with Gasteiger partial charge in [0.2, 0.25) is 0 Å². The molecule has 2 amide bonds. The number of likely N-dealkylation sites (tertiary alicyclic amines) is 1. The van der Waals surface area contributed by atoms with Crippen LogP contribution < -0.4 is 5.32 Å². The van der Waals surface area contributed by atoms with Gasteiger partial charge in [0.1, 0.15) is 17.3 Å². The van der Waals surface area contributed by atoms with Crippen molar-refractivity contribution in [1.82, 2.24) is 19.6 Å². The van der Waals surface area contributed by atoms with E-state index in [2.05, 4.69) is 15.0 Å². The molecule has 1 aliphatic rings. The molecule has 1 saturated heterocycles. The van der Waals surface area contributed by atoms with Crippen LogP contribution in [0.2, 0.25) is 0 Å². The zero-order valence-electron chi connectivity index (χ0n) is 19.4. The number of halogens is 4. The summed E-state index contributed by atoms with van der Waals surface area (Å²) in [7, 11) is 2.45. The number of ether oxygens (including phenoxy) is 1. The summed E-state index contributed by atoms with van der Waals surface area (Å²) in [5.41, 5.74) is 0.842. The number of alkyl halides is 2. The SMILES string of the molecule is CNC(=O)c1cc(F)c(-c2nc3cc(C)ccn3c2CC2CN(C(=O)OC)CC(F)(F)C2)c(F)c1. The van der Waals surface area contributed by atoms with Crippen molar-refractivity contribution in [2.75, 3.05) is 27.2 Å². The maximum Gasteiger partial charge on any atom is 0.409 e. The Balaban J connectivity index is 1.82. The molecule has 186 valence electrons. The molecule has 0 saturated carbocycles. The smallest absolute Gasteiger partial charge is 0.409 e. The second-order valence-corrected chi connectivity index (χ2v) is 8.71. The molecule has 0 radical (unpaired) electrons. The predicted octanol–water partition coefficient (Wildman–Crippen LogP) is 4.21. The number of aromatic nitrogens is 2. The molecule has 7 nitrogen and oxygen atoms in total. The Kier molecular flexibility index (Phi) is 6.44. The van der Waals surface area contributed by atoms with E-state index >= 15 is 8.78 Å². The van der Waals surface area contributed by atoms with Gasteiger partial charge < -0.3 is 19.4 Å². The predicted molar refractivity (Wildman–Crippen MR) is 119 cm³/mol. The molecule has 0 spiro atoms. The number of nitrogens with zero attached hydrogens (tertiary/aromatic N) is 3. The molecule has 0 bridgehead atoms. The standard InChI is InChI=1S/C24H24F4N4O3/c1-13-4-5-32-18(7-14-10-24(27,28)12-31(11-14)23(34)35-3)21(30-19(32)6-13)20-16(25)8-15(9-17(20)26)22(33)29-2/h4-6,8-9,14H,7,10-12H2,1-3H3,(H,29,33). The molecule has 2 aromatic heterocycles. The van der Waals surface area contributed by atoms with E-state index < -0.39 is 54.0 Å². The van der Waals surface area contributed by atoms with Gasteiger partial charge in [-0.2, -0.15) is 0 Å². The molecule has 3 aromatic rings. The molecule has 1 aliphatic heterocycles. The Morgan fingerprint density at radius 1 is 1.23 bits per heavy atom. The number of piperidine rings is 1. The van der Waals surface area contributed by atoms with Crippen LogP contribution in [0, 0.1) is 24.5 Å². The van der Waals surface area contributed by atoms with E-state index in [9.17, 15) is 18.4 Å². The van der Waals surface area contributed by atoms with Crippen LogP contribution in [0.25, 0.3) is 16.9 Å². The van der Waals surface area contributed by atoms with E-state index in [4.69, 9.17) is 0 Å². The van der Waals surface area contributed by atoms with Crippen molar-refractivity contribution in [3.63, 3.8) is 0 Å². The van der Waals surface area contributed by atoms with Crippen LogP contribution in [0.4, 0.5) is 22.4 Å². The van der Waals surface area contributed by atoms with Gasteiger partial charge in [-0.15, -0.1) is 0 Å². The van der Waals surface area contributed by atoms with E-state index in [1.807, 2.05) is 6.92 Å². The summed E-state index contributed by atoms with van der Waals surface area (Å²) in [4.78, 5) is 29.2. The van der Waals surface area contributed by atoms with Crippen molar-refractivity contribution in [2.45, 2.75) is 25.7 Å². The van der Waals surface area contributed by atoms with Crippen molar-refractivity contribution < 1.29 is 31.9 Å². The van der Waals surface area contributed by atoms with Crippen LogP contribution in [-0.2, 0) is 11.2 Å². The van der Waals surface area contributed by atoms with Crippen molar-refractivity contribution in [3.8, 4) is 11.3 Å². The molecular weight excluding hydrogens is 468 g/mol. The average molecular weight is 492 g/mol. The van der Waals surface area contributed by atoms with Crippen LogP contribution in [0.15, 0.2) is 30.5 Å². The van der Waals surface area contributed by atoms with E-state index in [0.717, 1.165) is 29.7 Å². The van der Waals surface area contributed by atoms with Gasteiger partial charge in [0.25, 0.3) is 11.8 Å². The fourth-order valence-corrected chi connectivity index (χ4v) is 4.55. The van der Waals surface area contributed by atoms with Crippen molar-refractivity contribution >= 4 is 17.6 Å². The lowest BCUT2D eigenvalue weighted by Crippen LogP contribution is -2.50. The van der Waals surface area contributed by atoms with Gasteiger partial charge >= 0.3 is 6.09 Å². The number of nitrogens with one attached hydrogen (secondary N) is 1. The molecule has 4 rings (SSSR count). The largest absolute Gasteiger partial charge is 0.453 e. The van der Waals surface area contributed by atoms with E-state index in [-0.39, 0.29) is 24.2 Å². The lowest BCUT2D eigenvalue weighted by Gasteiger charge is -2.36. The summed E-state index contributed by atoms with van der Waals surface area (Å²) >= 11 is 0. The Morgan fingerprint density at radius 3 is 2.54 bits per heavy atom. The number of benzene rings is 1. The minimum absolute atomic E-state index is 0.0125. The van der Waals surface area contributed by atoms with Crippen LogP contribution >= 0.6 is 0 Å². The number of aryl methyl sites for hydroxylation is 1. The van der Waals surface area contributed by atoms with Gasteiger partial charge in [0, 0.05) is 31.8 Å². The molecule has 1 fully saturated rings. The normalized spacial score (nSPS) is 17.5. The lowest BCUT2D eigenvalue weighted by molar-refractivity contribution is -0.0784. The number of rotatable bonds is 4. The molecule has 1 unspecified atom stereocenters. The maximum absolute atomic E-state index is 15.1. The second-order valence-electron chi connectivity index (χ2n) is 8.71.